The van der Waals surface area contributed by atoms with Crippen molar-refractivity contribution in [1.29, 1.82) is 0 Å². The zero-order valence-electron chi connectivity index (χ0n) is 11.3. The fraction of sp³-hybridized carbons (Fsp3) is 0.500. The van der Waals surface area contributed by atoms with E-state index in [9.17, 15) is 9.36 Å². The lowest BCUT2D eigenvalue weighted by atomic mass is 10.5. The second-order valence-electron chi connectivity index (χ2n) is 4.33. The maximum absolute atomic E-state index is 12.1. The Labute approximate surface area is 119 Å². The smallest absolute Gasteiger partial charge is 0.350 e. The van der Waals surface area contributed by atoms with Gasteiger partial charge in [0.1, 0.15) is 6.35 Å². The largest absolute Gasteiger partial charge is 0.369 e. The van der Waals surface area contributed by atoms with Crippen LogP contribution in [0.2, 0.25) is 0 Å². The SMILES string of the molecule is CCn1c(N)nc2c(ncn2CCOCP(=O)(O)O)c1=O. The van der Waals surface area contributed by atoms with Crippen molar-refractivity contribution in [2.45, 2.75) is 20.0 Å². The molecule has 2 aromatic heterocycles. The molecular weight excluding hydrogens is 301 g/mol. The average Bonchev–Trinajstić information content (AvgIpc) is 2.77. The summed E-state index contributed by atoms with van der Waals surface area (Å²) in [5.41, 5.74) is 5.91. The van der Waals surface area contributed by atoms with Gasteiger partial charge in [-0.25, -0.2) is 4.98 Å². The fourth-order valence-electron chi connectivity index (χ4n) is 1.86. The van der Waals surface area contributed by atoms with Gasteiger partial charge in [-0.3, -0.25) is 13.9 Å². The summed E-state index contributed by atoms with van der Waals surface area (Å²) in [6, 6.07) is 0. The maximum atomic E-state index is 12.1. The van der Waals surface area contributed by atoms with Crippen LogP contribution in [0.25, 0.3) is 11.2 Å². The van der Waals surface area contributed by atoms with Crippen LogP contribution in [0.15, 0.2) is 11.1 Å². The fourth-order valence-corrected chi connectivity index (χ4v) is 2.23. The molecule has 11 heteroatoms. The van der Waals surface area contributed by atoms with Gasteiger partial charge in [-0.15, -0.1) is 0 Å². The molecule has 0 aromatic carbocycles. The highest BCUT2D eigenvalue weighted by Crippen LogP contribution is 2.33. The zero-order valence-corrected chi connectivity index (χ0v) is 12.2. The number of nitrogen functional groups attached to an aromatic ring is 1. The van der Waals surface area contributed by atoms with Crippen LogP contribution in [0.1, 0.15) is 6.92 Å². The summed E-state index contributed by atoms with van der Waals surface area (Å²) in [6.07, 6.45) is 0.761. The van der Waals surface area contributed by atoms with Crippen LogP contribution in [-0.2, 0) is 22.4 Å². The van der Waals surface area contributed by atoms with Crippen LogP contribution in [-0.4, -0.2) is 41.8 Å². The van der Waals surface area contributed by atoms with Gasteiger partial charge in [0.25, 0.3) is 5.56 Å². The molecule has 0 aliphatic rings. The zero-order chi connectivity index (χ0) is 15.6. The first-order valence-electron chi connectivity index (χ1n) is 6.17. The summed E-state index contributed by atoms with van der Waals surface area (Å²) < 4.78 is 18.4. The Hall–Kier alpha value is -1.74. The Morgan fingerprint density at radius 1 is 1.48 bits per heavy atom. The predicted molar refractivity (Wildman–Crippen MR) is 74.7 cm³/mol. The Morgan fingerprint density at radius 3 is 2.81 bits per heavy atom. The molecule has 21 heavy (non-hydrogen) atoms. The highest BCUT2D eigenvalue weighted by Gasteiger charge is 2.14. The number of nitrogens with two attached hydrogens (primary N) is 1. The summed E-state index contributed by atoms with van der Waals surface area (Å²) in [7, 11) is -4.18. The van der Waals surface area contributed by atoms with E-state index in [0.717, 1.165) is 0 Å². The molecule has 116 valence electrons. The van der Waals surface area contributed by atoms with Gasteiger partial charge in [0.05, 0.1) is 12.9 Å². The molecule has 4 N–H and O–H groups in total. The van der Waals surface area contributed by atoms with Gasteiger partial charge in [-0.2, -0.15) is 4.98 Å². The number of aromatic nitrogens is 4. The van der Waals surface area contributed by atoms with Crippen molar-refractivity contribution in [3.05, 3.63) is 16.7 Å². The van der Waals surface area contributed by atoms with Crippen molar-refractivity contribution < 1.29 is 19.1 Å². The molecule has 0 aliphatic carbocycles. The molecule has 0 bridgehead atoms. The predicted octanol–water partition coefficient (Wildman–Crippen LogP) is -0.653. The third-order valence-corrected chi connectivity index (χ3v) is 3.33. The summed E-state index contributed by atoms with van der Waals surface area (Å²) in [4.78, 5) is 37.6. The average molecular weight is 317 g/mol. The molecule has 10 nitrogen and oxygen atoms in total. The number of imidazole rings is 1. The third-order valence-electron chi connectivity index (χ3n) is 2.81. The summed E-state index contributed by atoms with van der Waals surface area (Å²) >= 11 is 0. The standard InChI is InChI=1S/C10H16N5O5P/c1-2-15-9(16)7-8(13-10(15)11)14(5-12-7)3-4-20-6-21(17,18)19/h5H,2-4,6H2,1H3,(H2,11,13)(H2,17,18,19). The Bertz CT molecular complexity index is 748. The van der Waals surface area contributed by atoms with Crippen LogP contribution < -0.4 is 11.3 Å². The summed E-state index contributed by atoms with van der Waals surface area (Å²) in [5, 5.41) is 0. The van der Waals surface area contributed by atoms with E-state index in [4.69, 9.17) is 20.3 Å². The minimum absolute atomic E-state index is 0.0506. The molecule has 0 fully saturated rings. The van der Waals surface area contributed by atoms with Crippen LogP contribution >= 0.6 is 7.60 Å². The van der Waals surface area contributed by atoms with Crippen LogP contribution in [0, 0.1) is 0 Å². The van der Waals surface area contributed by atoms with E-state index in [1.165, 1.54) is 10.9 Å². The molecule has 0 spiro atoms. The summed E-state index contributed by atoms with van der Waals surface area (Å²) in [5.74, 6) is 0.0906. The molecule has 2 aromatic rings. The number of ether oxygens (including phenoxy) is 1. The van der Waals surface area contributed by atoms with Crippen molar-refractivity contribution in [2.75, 3.05) is 18.7 Å². The highest BCUT2D eigenvalue weighted by atomic mass is 31.2. The van der Waals surface area contributed by atoms with Gasteiger partial charge in [0, 0.05) is 13.1 Å². The maximum Gasteiger partial charge on any atom is 0.350 e. The van der Waals surface area contributed by atoms with E-state index < -0.39 is 13.9 Å². The third kappa shape index (κ3) is 3.48. The molecule has 2 rings (SSSR count). The minimum Gasteiger partial charge on any atom is -0.369 e. The van der Waals surface area contributed by atoms with E-state index in [1.807, 2.05) is 0 Å². The Morgan fingerprint density at radius 2 is 2.19 bits per heavy atom. The lowest BCUT2D eigenvalue weighted by molar-refractivity contribution is 0.149. The first kappa shape index (κ1) is 15.6. The van der Waals surface area contributed by atoms with E-state index in [-0.39, 0.29) is 30.2 Å². The second kappa shape index (κ2) is 5.94. The van der Waals surface area contributed by atoms with Crippen molar-refractivity contribution in [3.63, 3.8) is 0 Å². The summed E-state index contributed by atoms with van der Waals surface area (Å²) in [6.45, 7) is 2.47. The molecule has 0 unspecified atom stereocenters. The van der Waals surface area contributed by atoms with E-state index in [0.29, 0.717) is 12.2 Å². The normalized spacial score (nSPS) is 12.1. The monoisotopic (exact) mass is 317 g/mol. The lowest BCUT2D eigenvalue weighted by Gasteiger charge is -2.08. The number of nitrogens with zero attached hydrogens (tertiary/aromatic N) is 4. The molecule has 0 saturated heterocycles. The van der Waals surface area contributed by atoms with Crippen molar-refractivity contribution in [3.8, 4) is 0 Å². The first-order chi connectivity index (χ1) is 9.83. The highest BCUT2D eigenvalue weighted by molar-refractivity contribution is 7.51. The van der Waals surface area contributed by atoms with E-state index in [1.54, 1.807) is 11.5 Å². The van der Waals surface area contributed by atoms with Gasteiger partial charge in [0.2, 0.25) is 5.95 Å². The second-order valence-corrected chi connectivity index (χ2v) is 5.92. The van der Waals surface area contributed by atoms with Gasteiger partial charge < -0.3 is 24.8 Å². The van der Waals surface area contributed by atoms with Gasteiger partial charge in [-0.05, 0) is 6.92 Å². The van der Waals surface area contributed by atoms with Gasteiger partial charge >= 0.3 is 7.60 Å². The van der Waals surface area contributed by atoms with E-state index in [2.05, 4.69) is 9.97 Å². The molecule has 0 saturated carbocycles. The number of hydrogen-bond donors (Lipinski definition) is 3. The first-order valence-corrected chi connectivity index (χ1v) is 7.96. The van der Waals surface area contributed by atoms with Gasteiger partial charge in [-0.1, -0.05) is 0 Å². The van der Waals surface area contributed by atoms with E-state index >= 15 is 0 Å². The number of anilines is 1. The minimum atomic E-state index is -4.18. The van der Waals surface area contributed by atoms with Gasteiger partial charge in [0.15, 0.2) is 11.2 Å². The van der Waals surface area contributed by atoms with Crippen molar-refractivity contribution in [2.24, 2.45) is 0 Å². The number of hydrogen-bond acceptors (Lipinski definition) is 6. The topological polar surface area (TPSA) is 145 Å². The molecule has 0 amide bonds. The Balaban J connectivity index is 2.19. The van der Waals surface area contributed by atoms with Crippen LogP contribution in [0.5, 0.6) is 0 Å². The quantitative estimate of drug-likeness (QED) is 0.470. The number of rotatable bonds is 6. The van der Waals surface area contributed by atoms with Crippen LogP contribution in [0.4, 0.5) is 5.95 Å². The Kier molecular flexibility index (Phi) is 4.43. The molecule has 0 aliphatic heterocycles. The van der Waals surface area contributed by atoms with Crippen LogP contribution in [0.3, 0.4) is 0 Å². The molecule has 2 heterocycles. The molecule has 0 atom stereocenters. The molecular formula is C10H16N5O5P. The molecule has 0 radical (unpaired) electrons. The lowest BCUT2D eigenvalue weighted by Crippen LogP contribution is -2.24. The van der Waals surface area contributed by atoms with Crippen molar-refractivity contribution >= 4 is 24.7 Å². The number of fused-ring (bicyclic) bond motifs is 1. The van der Waals surface area contributed by atoms with Crippen molar-refractivity contribution in [1.82, 2.24) is 19.1 Å².